The minimum atomic E-state index is -0.202. The van der Waals surface area contributed by atoms with Crippen molar-refractivity contribution in [2.75, 3.05) is 0 Å². The summed E-state index contributed by atoms with van der Waals surface area (Å²) < 4.78 is 5.54. The lowest BCUT2D eigenvalue weighted by molar-refractivity contribution is -0.149. The Bertz CT molecular complexity index is 766. The molecule has 0 bridgehead atoms. The van der Waals surface area contributed by atoms with Gasteiger partial charge in [0.1, 0.15) is 6.10 Å². The third-order valence-electron chi connectivity index (χ3n) is 10.4. The molecule has 0 aromatic rings. The van der Waals surface area contributed by atoms with Crippen molar-refractivity contribution in [1.29, 1.82) is 0 Å². The predicted molar refractivity (Wildman–Crippen MR) is 129 cm³/mol. The summed E-state index contributed by atoms with van der Waals surface area (Å²) in [5.74, 6) is 3.74. The van der Waals surface area contributed by atoms with E-state index in [0.29, 0.717) is 23.0 Å². The van der Waals surface area contributed by atoms with Crippen LogP contribution in [0, 0.1) is 46.3 Å². The van der Waals surface area contributed by atoms with Crippen molar-refractivity contribution >= 4 is 11.8 Å². The zero-order chi connectivity index (χ0) is 23.3. The number of fused-ring (bicyclic) bond motifs is 5. The molecule has 0 aliphatic heterocycles. The smallest absolute Gasteiger partial charge is 0.302 e. The first-order valence-corrected chi connectivity index (χ1v) is 13.5. The van der Waals surface area contributed by atoms with E-state index >= 15 is 0 Å². The van der Waals surface area contributed by atoms with Crippen LogP contribution in [0.2, 0.25) is 0 Å². The number of ether oxygens (including phenoxy) is 1. The molecule has 3 nitrogen and oxygen atoms in total. The lowest BCUT2D eigenvalue weighted by Crippen LogP contribution is -2.53. The van der Waals surface area contributed by atoms with E-state index in [9.17, 15) is 9.59 Å². The van der Waals surface area contributed by atoms with Gasteiger partial charge in [0, 0.05) is 19.3 Å². The molecule has 0 heterocycles. The largest absolute Gasteiger partial charge is 0.462 e. The quantitative estimate of drug-likeness (QED) is 0.411. The first-order chi connectivity index (χ1) is 15.1. The molecule has 4 rings (SSSR count). The van der Waals surface area contributed by atoms with Crippen molar-refractivity contribution in [3.63, 3.8) is 0 Å². The molecular weight excluding hydrogens is 396 g/mol. The van der Waals surface area contributed by atoms with Crippen LogP contribution in [0.15, 0.2) is 11.6 Å². The zero-order valence-electron chi connectivity index (χ0n) is 21.4. The third-order valence-corrected chi connectivity index (χ3v) is 10.4. The molecule has 3 fully saturated rings. The Morgan fingerprint density at radius 3 is 2.50 bits per heavy atom. The molecule has 3 saturated carbocycles. The van der Waals surface area contributed by atoms with Gasteiger partial charge in [0.15, 0.2) is 5.78 Å². The molecule has 32 heavy (non-hydrogen) atoms. The van der Waals surface area contributed by atoms with Crippen LogP contribution in [0.25, 0.3) is 0 Å². The highest BCUT2D eigenvalue weighted by Crippen LogP contribution is 2.66. The van der Waals surface area contributed by atoms with Gasteiger partial charge >= 0.3 is 5.97 Å². The molecule has 0 amide bonds. The molecule has 0 saturated heterocycles. The Kier molecular flexibility index (Phi) is 6.69. The SMILES string of the molecule is CC(=O)O[C@H]1CC[C@@]2(C)C(=CC(=O)[C@H]3[C@H]2CC[C@@]2(C)[C@H]3CC[C@H]2[C@H](C)CCCC(C)C)C1. The summed E-state index contributed by atoms with van der Waals surface area (Å²) in [7, 11) is 0. The van der Waals surface area contributed by atoms with E-state index in [2.05, 4.69) is 34.6 Å². The summed E-state index contributed by atoms with van der Waals surface area (Å²) in [6, 6.07) is 0. The summed E-state index contributed by atoms with van der Waals surface area (Å²) in [5.41, 5.74) is 1.70. The second kappa shape index (κ2) is 8.91. The minimum Gasteiger partial charge on any atom is -0.462 e. The van der Waals surface area contributed by atoms with E-state index in [-0.39, 0.29) is 23.4 Å². The van der Waals surface area contributed by atoms with Crippen LogP contribution in [0.1, 0.15) is 106 Å². The molecule has 180 valence electrons. The van der Waals surface area contributed by atoms with Crippen LogP contribution in [0.5, 0.6) is 0 Å². The zero-order valence-corrected chi connectivity index (χ0v) is 21.4. The van der Waals surface area contributed by atoms with Crippen LogP contribution < -0.4 is 0 Å². The van der Waals surface area contributed by atoms with Gasteiger partial charge in [-0.15, -0.1) is 0 Å². The van der Waals surface area contributed by atoms with Gasteiger partial charge in [-0.05, 0) is 85.0 Å². The predicted octanol–water partition coefficient (Wildman–Crippen LogP) is 7.14. The second-order valence-electron chi connectivity index (χ2n) is 12.7. The molecule has 4 aliphatic carbocycles. The van der Waals surface area contributed by atoms with E-state index in [4.69, 9.17) is 4.74 Å². The number of hydrogen-bond acceptors (Lipinski definition) is 3. The van der Waals surface area contributed by atoms with Gasteiger partial charge in [0.05, 0.1) is 0 Å². The maximum atomic E-state index is 13.6. The van der Waals surface area contributed by atoms with Crippen LogP contribution in [-0.4, -0.2) is 17.9 Å². The molecule has 0 unspecified atom stereocenters. The lowest BCUT2D eigenvalue weighted by atomic mass is 9.46. The van der Waals surface area contributed by atoms with Crippen molar-refractivity contribution in [2.24, 2.45) is 46.3 Å². The van der Waals surface area contributed by atoms with Crippen LogP contribution in [-0.2, 0) is 14.3 Å². The van der Waals surface area contributed by atoms with Crippen molar-refractivity contribution in [3.05, 3.63) is 11.6 Å². The Morgan fingerprint density at radius 2 is 1.81 bits per heavy atom. The van der Waals surface area contributed by atoms with E-state index in [0.717, 1.165) is 37.0 Å². The van der Waals surface area contributed by atoms with Crippen molar-refractivity contribution in [2.45, 2.75) is 112 Å². The van der Waals surface area contributed by atoms with Crippen molar-refractivity contribution < 1.29 is 14.3 Å². The minimum absolute atomic E-state index is 0.0485. The number of esters is 1. The van der Waals surface area contributed by atoms with Gasteiger partial charge in [-0.2, -0.15) is 0 Å². The molecule has 0 radical (unpaired) electrons. The number of rotatable bonds is 6. The summed E-state index contributed by atoms with van der Waals surface area (Å²) >= 11 is 0. The van der Waals surface area contributed by atoms with Crippen molar-refractivity contribution in [1.82, 2.24) is 0 Å². The number of carbonyl (C=O) groups excluding carboxylic acids is 2. The maximum Gasteiger partial charge on any atom is 0.302 e. The van der Waals surface area contributed by atoms with Gasteiger partial charge in [0.2, 0.25) is 0 Å². The number of allylic oxidation sites excluding steroid dienone is 1. The molecule has 0 N–H and O–H groups in total. The van der Waals surface area contributed by atoms with Gasteiger partial charge in [-0.1, -0.05) is 59.5 Å². The van der Waals surface area contributed by atoms with Gasteiger partial charge in [-0.3, -0.25) is 9.59 Å². The fourth-order valence-electron chi connectivity index (χ4n) is 8.73. The molecular formula is C29H46O3. The Balaban J connectivity index is 1.52. The van der Waals surface area contributed by atoms with E-state index in [1.54, 1.807) is 0 Å². The summed E-state index contributed by atoms with van der Waals surface area (Å²) in [6.07, 6.45) is 13.7. The summed E-state index contributed by atoms with van der Waals surface area (Å²) in [4.78, 5) is 25.1. The van der Waals surface area contributed by atoms with Crippen LogP contribution in [0.3, 0.4) is 0 Å². The topological polar surface area (TPSA) is 43.4 Å². The van der Waals surface area contributed by atoms with E-state index in [1.807, 2.05) is 6.08 Å². The standard InChI is InChI=1S/C29H46O3/c1-18(2)8-7-9-19(3)23-10-11-24-27-25(13-15-29(23,24)6)28(5)14-12-22(32-20(4)30)16-21(28)17-26(27)31/h17-19,22-25,27H,7-16H2,1-6H3/t19-,22+,23+,24+,25-,27-,28+,29-/m1/s1. The second-order valence-corrected chi connectivity index (χ2v) is 12.7. The molecule has 4 aliphatic rings. The van der Waals surface area contributed by atoms with E-state index in [1.165, 1.54) is 57.4 Å². The first-order valence-electron chi connectivity index (χ1n) is 13.5. The first kappa shape index (κ1) is 24.0. The average molecular weight is 443 g/mol. The molecule has 0 aromatic carbocycles. The highest BCUT2D eigenvalue weighted by atomic mass is 16.5. The van der Waals surface area contributed by atoms with Gasteiger partial charge < -0.3 is 4.74 Å². The fraction of sp³-hybridized carbons (Fsp3) is 0.862. The number of ketones is 1. The number of hydrogen-bond donors (Lipinski definition) is 0. The molecule has 0 spiro atoms. The van der Waals surface area contributed by atoms with E-state index < -0.39 is 0 Å². The Labute approximate surface area is 196 Å². The highest BCUT2D eigenvalue weighted by Gasteiger charge is 2.61. The maximum absolute atomic E-state index is 13.6. The lowest BCUT2D eigenvalue weighted by Gasteiger charge is -2.57. The summed E-state index contributed by atoms with van der Waals surface area (Å²) in [6.45, 7) is 13.6. The average Bonchev–Trinajstić information content (AvgIpc) is 3.05. The van der Waals surface area contributed by atoms with Crippen molar-refractivity contribution in [3.8, 4) is 0 Å². The van der Waals surface area contributed by atoms with Crippen LogP contribution in [0.4, 0.5) is 0 Å². The fourth-order valence-corrected chi connectivity index (χ4v) is 8.73. The molecule has 3 heteroatoms. The normalized spacial score (nSPS) is 42.0. The summed E-state index contributed by atoms with van der Waals surface area (Å²) in [5, 5.41) is 0. The Hall–Kier alpha value is -1.12. The van der Waals surface area contributed by atoms with Gasteiger partial charge in [0.25, 0.3) is 0 Å². The molecule has 8 atom stereocenters. The highest BCUT2D eigenvalue weighted by molar-refractivity contribution is 5.94. The third kappa shape index (κ3) is 4.11. The Morgan fingerprint density at radius 1 is 1.06 bits per heavy atom. The van der Waals surface area contributed by atoms with Crippen LogP contribution >= 0.6 is 0 Å². The molecule has 0 aromatic heterocycles. The number of carbonyl (C=O) groups is 2. The van der Waals surface area contributed by atoms with Gasteiger partial charge in [-0.25, -0.2) is 0 Å². The monoisotopic (exact) mass is 442 g/mol.